The Labute approximate surface area is 136 Å². The van der Waals surface area contributed by atoms with Gasteiger partial charge >= 0.3 is 0 Å². The first-order valence-corrected chi connectivity index (χ1v) is 8.45. The lowest BCUT2D eigenvalue weighted by atomic mass is 9.95. The Balaban J connectivity index is 1.99. The summed E-state index contributed by atoms with van der Waals surface area (Å²) in [6.45, 7) is 18.3. The number of hydrogen-bond donors (Lipinski definition) is 1. The Hall–Kier alpha value is -0.900. The van der Waals surface area contributed by atoms with Gasteiger partial charge in [0.05, 0.1) is 13.2 Å². The second-order valence-electron chi connectivity index (χ2n) is 7.31. The molecule has 1 heterocycles. The lowest BCUT2D eigenvalue weighted by Crippen LogP contribution is -2.54. The van der Waals surface area contributed by atoms with Crippen LogP contribution in [0.1, 0.15) is 49.1 Å². The summed E-state index contributed by atoms with van der Waals surface area (Å²) in [5.41, 5.74) is 5.71. The number of morpholine rings is 1. The zero-order valence-corrected chi connectivity index (χ0v) is 15.1. The molecule has 22 heavy (non-hydrogen) atoms. The molecule has 1 aliphatic rings. The van der Waals surface area contributed by atoms with Crippen LogP contribution < -0.4 is 5.32 Å². The number of nitrogens with zero attached hydrogens (tertiary/aromatic N) is 1. The molecule has 1 aromatic rings. The van der Waals surface area contributed by atoms with Crippen LogP contribution in [0.25, 0.3) is 0 Å². The van der Waals surface area contributed by atoms with Crippen molar-refractivity contribution in [1.82, 2.24) is 10.2 Å². The minimum Gasteiger partial charge on any atom is -0.379 e. The summed E-state index contributed by atoms with van der Waals surface area (Å²) >= 11 is 0. The summed E-state index contributed by atoms with van der Waals surface area (Å²) in [6.07, 6.45) is 0. The molecular formula is C19H32N2O. The van der Waals surface area contributed by atoms with Crippen molar-refractivity contribution in [3.05, 3.63) is 34.4 Å². The number of hydrogen-bond acceptors (Lipinski definition) is 3. The van der Waals surface area contributed by atoms with Crippen molar-refractivity contribution in [1.29, 1.82) is 0 Å². The van der Waals surface area contributed by atoms with Gasteiger partial charge in [-0.1, -0.05) is 12.1 Å². The maximum absolute atomic E-state index is 5.47. The average Bonchev–Trinajstić information content (AvgIpc) is 2.49. The Morgan fingerprint density at radius 3 is 2.32 bits per heavy atom. The molecule has 1 atom stereocenters. The van der Waals surface area contributed by atoms with Gasteiger partial charge in [0.1, 0.15) is 0 Å². The number of ether oxygens (including phenoxy) is 1. The molecule has 1 aliphatic heterocycles. The van der Waals surface area contributed by atoms with Crippen LogP contribution in [0.15, 0.2) is 12.1 Å². The molecule has 1 saturated heterocycles. The number of rotatable bonds is 5. The molecule has 0 radical (unpaired) electrons. The van der Waals surface area contributed by atoms with Crippen molar-refractivity contribution in [2.24, 2.45) is 0 Å². The Morgan fingerprint density at radius 2 is 1.68 bits per heavy atom. The van der Waals surface area contributed by atoms with Gasteiger partial charge in [-0.2, -0.15) is 0 Å². The molecule has 0 aromatic heterocycles. The van der Waals surface area contributed by atoms with E-state index in [1.165, 1.54) is 22.3 Å². The minimum absolute atomic E-state index is 0.158. The molecule has 1 fully saturated rings. The molecule has 0 spiro atoms. The Kier molecular flexibility index (Phi) is 5.65. The third-order valence-corrected chi connectivity index (χ3v) is 5.06. The van der Waals surface area contributed by atoms with Crippen molar-refractivity contribution in [2.45, 2.75) is 53.1 Å². The first-order chi connectivity index (χ1) is 10.3. The number of nitrogens with one attached hydrogen (secondary N) is 1. The molecule has 0 amide bonds. The zero-order valence-electron chi connectivity index (χ0n) is 15.1. The van der Waals surface area contributed by atoms with E-state index >= 15 is 0 Å². The Bertz CT molecular complexity index is 504. The van der Waals surface area contributed by atoms with Crippen LogP contribution in [-0.4, -0.2) is 43.3 Å². The SMILES string of the molecule is Cc1cc(C)c(C(C)NCC(C)(C)N2CCOCC2)cc1C. The smallest absolute Gasteiger partial charge is 0.0594 e. The van der Waals surface area contributed by atoms with Gasteiger partial charge < -0.3 is 10.1 Å². The van der Waals surface area contributed by atoms with Crippen molar-refractivity contribution >= 4 is 0 Å². The summed E-state index contributed by atoms with van der Waals surface area (Å²) in [4.78, 5) is 2.53. The monoisotopic (exact) mass is 304 g/mol. The summed E-state index contributed by atoms with van der Waals surface area (Å²) in [5, 5.41) is 3.74. The van der Waals surface area contributed by atoms with Crippen molar-refractivity contribution in [3.63, 3.8) is 0 Å². The van der Waals surface area contributed by atoms with Crippen LogP contribution in [0, 0.1) is 20.8 Å². The maximum Gasteiger partial charge on any atom is 0.0594 e. The van der Waals surface area contributed by atoms with Crippen molar-refractivity contribution < 1.29 is 4.74 Å². The van der Waals surface area contributed by atoms with Crippen LogP contribution in [-0.2, 0) is 4.74 Å². The normalized spacial score (nSPS) is 18.5. The largest absolute Gasteiger partial charge is 0.379 e. The molecule has 0 bridgehead atoms. The molecule has 0 aliphatic carbocycles. The topological polar surface area (TPSA) is 24.5 Å². The minimum atomic E-state index is 0.158. The van der Waals surface area contributed by atoms with Gasteiger partial charge in [-0.25, -0.2) is 0 Å². The summed E-state index contributed by atoms with van der Waals surface area (Å²) < 4.78 is 5.47. The van der Waals surface area contributed by atoms with E-state index in [-0.39, 0.29) is 5.54 Å². The molecule has 1 aromatic carbocycles. The van der Waals surface area contributed by atoms with Crippen molar-refractivity contribution in [2.75, 3.05) is 32.8 Å². The maximum atomic E-state index is 5.47. The van der Waals surface area contributed by atoms with E-state index in [1.807, 2.05) is 0 Å². The third kappa shape index (κ3) is 4.09. The molecular weight excluding hydrogens is 272 g/mol. The molecule has 1 N–H and O–H groups in total. The van der Waals surface area contributed by atoms with E-state index in [0.29, 0.717) is 6.04 Å². The highest BCUT2D eigenvalue weighted by Crippen LogP contribution is 2.23. The highest BCUT2D eigenvalue weighted by atomic mass is 16.5. The standard InChI is InChI=1S/C19H32N2O/c1-14-11-16(3)18(12-15(14)2)17(4)20-13-19(5,6)21-7-9-22-10-8-21/h11-12,17,20H,7-10,13H2,1-6H3. The van der Waals surface area contributed by atoms with E-state index < -0.39 is 0 Å². The number of benzene rings is 1. The molecule has 2 rings (SSSR count). The predicted molar refractivity (Wildman–Crippen MR) is 93.5 cm³/mol. The van der Waals surface area contributed by atoms with Gasteiger partial charge in [-0.15, -0.1) is 0 Å². The molecule has 3 heteroatoms. The van der Waals surface area contributed by atoms with Gasteiger partial charge in [0.15, 0.2) is 0 Å². The fraction of sp³-hybridized carbons (Fsp3) is 0.684. The van der Waals surface area contributed by atoms with Crippen LogP contribution in [0.4, 0.5) is 0 Å². The summed E-state index contributed by atoms with van der Waals surface area (Å²) in [6, 6.07) is 5.01. The summed E-state index contributed by atoms with van der Waals surface area (Å²) in [7, 11) is 0. The first kappa shape index (κ1) is 17.5. The third-order valence-electron chi connectivity index (χ3n) is 5.06. The molecule has 124 valence electrons. The van der Waals surface area contributed by atoms with E-state index in [0.717, 1.165) is 32.8 Å². The van der Waals surface area contributed by atoms with Crippen LogP contribution in [0.2, 0.25) is 0 Å². The fourth-order valence-corrected chi connectivity index (χ4v) is 3.24. The van der Waals surface area contributed by atoms with E-state index in [4.69, 9.17) is 4.74 Å². The van der Waals surface area contributed by atoms with Crippen LogP contribution in [0.3, 0.4) is 0 Å². The second kappa shape index (κ2) is 7.12. The van der Waals surface area contributed by atoms with Gasteiger partial charge in [0.2, 0.25) is 0 Å². The van der Waals surface area contributed by atoms with Crippen LogP contribution in [0.5, 0.6) is 0 Å². The quantitative estimate of drug-likeness (QED) is 0.902. The molecule has 3 nitrogen and oxygen atoms in total. The molecule has 0 saturated carbocycles. The highest BCUT2D eigenvalue weighted by molar-refractivity contribution is 5.38. The highest BCUT2D eigenvalue weighted by Gasteiger charge is 2.28. The lowest BCUT2D eigenvalue weighted by Gasteiger charge is -2.41. The van der Waals surface area contributed by atoms with Gasteiger partial charge in [-0.3, -0.25) is 4.90 Å². The van der Waals surface area contributed by atoms with Crippen molar-refractivity contribution in [3.8, 4) is 0 Å². The lowest BCUT2D eigenvalue weighted by molar-refractivity contribution is -0.0102. The Morgan fingerprint density at radius 1 is 1.09 bits per heavy atom. The van der Waals surface area contributed by atoms with E-state index in [2.05, 4.69) is 63.9 Å². The number of aryl methyl sites for hydroxylation is 3. The zero-order chi connectivity index (χ0) is 16.3. The van der Waals surface area contributed by atoms with Gasteiger partial charge in [0, 0.05) is 31.2 Å². The predicted octanol–water partition coefficient (Wildman–Crippen LogP) is 3.37. The van der Waals surface area contributed by atoms with Gasteiger partial charge in [-0.05, 0) is 63.8 Å². The first-order valence-electron chi connectivity index (χ1n) is 8.45. The van der Waals surface area contributed by atoms with Gasteiger partial charge in [0.25, 0.3) is 0 Å². The second-order valence-corrected chi connectivity index (χ2v) is 7.31. The van der Waals surface area contributed by atoms with Crippen LogP contribution >= 0.6 is 0 Å². The average molecular weight is 304 g/mol. The molecule has 1 unspecified atom stereocenters. The summed E-state index contributed by atoms with van der Waals surface area (Å²) in [5.74, 6) is 0. The van der Waals surface area contributed by atoms with E-state index in [9.17, 15) is 0 Å². The fourth-order valence-electron chi connectivity index (χ4n) is 3.24. The van der Waals surface area contributed by atoms with E-state index in [1.54, 1.807) is 0 Å².